The highest BCUT2D eigenvalue weighted by Gasteiger charge is 2.45. The summed E-state index contributed by atoms with van der Waals surface area (Å²) in [5.74, 6) is 0. The van der Waals surface area contributed by atoms with Crippen molar-refractivity contribution in [1.29, 1.82) is 0 Å². The Hall–Kier alpha value is -6.74. The quantitative estimate of drug-likeness (QED) is 0.166. The maximum atomic E-state index is 2.39. The van der Waals surface area contributed by atoms with Gasteiger partial charge >= 0.3 is 0 Å². The Kier molecular flexibility index (Phi) is 7.33. The number of nitrogens with zero attached hydrogens (tertiary/aromatic N) is 1. The number of rotatable bonds is 6. The molecule has 1 aromatic heterocycles. The predicted molar refractivity (Wildman–Crippen MR) is 234 cm³/mol. The zero-order chi connectivity index (χ0) is 36.3. The summed E-state index contributed by atoms with van der Waals surface area (Å²) < 4.78 is 2.66. The molecule has 9 aromatic carbocycles. The predicted octanol–water partition coefficient (Wildman–Crippen LogP) is 14.7. The van der Waals surface area contributed by atoms with E-state index in [1.54, 1.807) is 0 Å². The van der Waals surface area contributed by atoms with Crippen LogP contribution in [-0.4, -0.2) is 0 Å². The first-order chi connectivity index (χ1) is 27.3. The highest BCUT2D eigenvalue weighted by Crippen LogP contribution is 2.56. The van der Waals surface area contributed by atoms with Crippen LogP contribution in [0.5, 0.6) is 0 Å². The van der Waals surface area contributed by atoms with Crippen LogP contribution in [-0.2, 0) is 5.41 Å². The minimum absolute atomic E-state index is 0.435. The van der Waals surface area contributed by atoms with Gasteiger partial charge in [0.25, 0.3) is 0 Å². The summed E-state index contributed by atoms with van der Waals surface area (Å²) in [5, 5.41) is 5.10. The standard InChI is InChI=1S/C53H35NS/c1-2-15-39(16-3-1)53(49-22-9-6-17-45(49)46-18-7-10-23-50(46)53)40-28-33-42(34-29-40)54(43-32-25-36-13-4-5-14-38(36)35-43)41-30-26-37(27-31-41)44-20-12-21-48-47-19-8-11-24-51(47)55-52(44)48/h1-35H. The summed E-state index contributed by atoms with van der Waals surface area (Å²) in [7, 11) is 0. The van der Waals surface area contributed by atoms with E-state index in [0.29, 0.717) is 0 Å². The molecule has 0 saturated carbocycles. The third-order valence-electron chi connectivity index (χ3n) is 11.5. The maximum absolute atomic E-state index is 2.39. The smallest absolute Gasteiger partial charge is 0.0713 e. The lowest BCUT2D eigenvalue weighted by Crippen LogP contribution is -2.28. The van der Waals surface area contributed by atoms with Crippen LogP contribution in [0.15, 0.2) is 212 Å². The van der Waals surface area contributed by atoms with E-state index in [4.69, 9.17) is 0 Å². The first kappa shape index (κ1) is 31.8. The Balaban J connectivity index is 1.06. The highest BCUT2D eigenvalue weighted by atomic mass is 32.1. The molecular weight excluding hydrogens is 683 g/mol. The Bertz CT molecular complexity index is 2980. The van der Waals surface area contributed by atoms with Crippen LogP contribution in [0.4, 0.5) is 17.1 Å². The van der Waals surface area contributed by atoms with Gasteiger partial charge in [-0.1, -0.05) is 170 Å². The second-order valence-corrected chi connectivity index (χ2v) is 15.5. The molecule has 11 rings (SSSR count). The summed E-state index contributed by atoms with van der Waals surface area (Å²) in [6.07, 6.45) is 0. The van der Waals surface area contributed by atoms with E-state index >= 15 is 0 Å². The summed E-state index contributed by atoms with van der Waals surface area (Å²) in [6.45, 7) is 0. The lowest BCUT2D eigenvalue weighted by atomic mass is 9.68. The molecule has 0 spiro atoms. The van der Waals surface area contributed by atoms with Gasteiger partial charge in [0, 0.05) is 37.2 Å². The molecule has 0 fully saturated rings. The van der Waals surface area contributed by atoms with Crippen molar-refractivity contribution in [3.63, 3.8) is 0 Å². The van der Waals surface area contributed by atoms with Crippen LogP contribution >= 0.6 is 11.3 Å². The van der Waals surface area contributed by atoms with Crippen molar-refractivity contribution in [2.45, 2.75) is 5.41 Å². The molecule has 0 saturated heterocycles. The van der Waals surface area contributed by atoms with E-state index in [-0.39, 0.29) is 0 Å². The minimum Gasteiger partial charge on any atom is -0.310 e. The van der Waals surface area contributed by atoms with E-state index in [0.717, 1.165) is 17.1 Å². The van der Waals surface area contributed by atoms with Crippen LogP contribution in [0, 0.1) is 0 Å². The third-order valence-corrected chi connectivity index (χ3v) is 12.8. The average molecular weight is 718 g/mol. The second-order valence-electron chi connectivity index (χ2n) is 14.4. The van der Waals surface area contributed by atoms with Crippen molar-refractivity contribution in [2.75, 3.05) is 4.90 Å². The normalized spacial score (nSPS) is 12.9. The molecule has 1 heterocycles. The molecule has 1 aliphatic carbocycles. The first-order valence-electron chi connectivity index (χ1n) is 18.9. The SMILES string of the molecule is c1ccc(C2(c3ccc(N(c4ccc(-c5cccc6c5sc5ccccc56)cc4)c4ccc5ccccc5c4)cc3)c3ccccc3-c3ccccc32)cc1. The summed E-state index contributed by atoms with van der Waals surface area (Å²) in [5.41, 5.74) is 13.2. The molecule has 55 heavy (non-hydrogen) atoms. The summed E-state index contributed by atoms with van der Waals surface area (Å²) in [6, 6.07) is 78.2. The van der Waals surface area contributed by atoms with E-state index in [1.807, 2.05) is 11.3 Å². The van der Waals surface area contributed by atoms with E-state index < -0.39 is 5.41 Å². The zero-order valence-corrected chi connectivity index (χ0v) is 30.9. The van der Waals surface area contributed by atoms with Gasteiger partial charge in [0.1, 0.15) is 0 Å². The maximum Gasteiger partial charge on any atom is 0.0713 e. The molecule has 0 N–H and O–H groups in total. The van der Waals surface area contributed by atoms with Crippen molar-refractivity contribution in [2.24, 2.45) is 0 Å². The lowest BCUT2D eigenvalue weighted by molar-refractivity contribution is 0.768. The molecule has 10 aromatic rings. The molecule has 1 nitrogen and oxygen atoms in total. The largest absolute Gasteiger partial charge is 0.310 e. The van der Waals surface area contributed by atoms with E-state index in [1.165, 1.54) is 75.5 Å². The van der Waals surface area contributed by atoms with Gasteiger partial charge in [-0.05, 0) is 97.7 Å². The van der Waals surface area contributed by atoms with Crippen molar-refractivity contribution in [1.82, 2.24) is 0 Å². The monoisotopic (exact) mass is 717 g/mol. The number of thiophene rings is 1. The number of fused-ring (bicyclic) bond motifs is 7. The fourth-order valence-electron chi connectivity index (χ4n) is 9.10. The van der Waals surface area contributed by atoms with E-state index in [9.17, 15) is 0 Å². The van der Waals surface area contributed by atoms with Crippen molar-refractivity contribution < 1.29 is 0 Å². The zero-order valence-electron chi connectivity index (χ0n) is 30.1. The first-order valence-corrected chi connectivity index (χ1v) is 19.7. The average Bonchev–Trinajstić information content (AvgIpc) is 3.79. The van der Waals surface area contributed by atoms with Gasteiger partial charge in [-0.2, -0.15) is 0 Å². The second kappa shape index (κ2) is 12.7. The van der Waals surface area contributed by atoms with Crippen LogP contribution in [0.25, 0.3) is 53.2 Å². The fraction of sp³-hybridized carbons (Fsp3) is 0.0189. The van der Waals surface area contributed by atoms with Crippen molar-refractivity contribution in [3.05, 3.63) is 235 Å². The van der Waals surface area contributed by atoms with Crippen molar-refractivity contribution >= 4 is 59.3 Å². The molecule has 0 atom stereocenters. The topological polar surface area (TPSA) is 3.24 Å². The lowest BCUT2D eigenvalue weighted by Gasteiger charge is -2.34. The number of hydrogen-bond donors (Lipinski definition) is 0. The van der Waals surface area contributed by atoms with Gasteiger partial charge in [-0.25, -0.2) is 0 Å². The molecule has 0 amide bonds. The van der Waals surface area contributed by atoms with E-state index in [2.05, 4.69) is 217 Å². The third kappa shape index (κ3) is 4.92. The molecular formula is C53H35NS. The Morgan fingerprint density at radius 1 is 0.364 bits per heavy atom. The molecule has 0 bridgehead atoms. The van der Waals surface area contributed by atoms with Crippen LogP contribution in [0.1, 0.15) is 22.3 Å². The highest BCUT2D eigenvalue weighted by molar-refractivity contribution is 7.26. The van der Waals surface area contributed by atoms with Gasteiger partial charge in [-0.15, -0.1) is 11.3 Å². The van der Waals surface area contributed by atoms with Gasteiger partial charge < -0.3 is 4.90 Å². The molecule has 0 radical (unpaired) electrons. The van der Waals surface area contributed by atoms with Crippen LogP contribution in [0.3, 0.4) is 0 Å². The van der Waals surface area contributed by atoms with Gasteiger partial charge in [0.15, 0.2) is 0 Å². The van der Waals surface area contributed by atoms with Crippen molar-refractivity contribution in [3.8, 4) is 22.3 Å². The van der Waals surface area contributed by atoms with Crippen LogP contribution in [0.2, 0.25) is 0 Å². The number of hydrogen-bond acceptors (Lipinski definition) is 2. The van der Waals surface area contributed by atoms with Gasteiger partial charge in [0.2, 0.25) is 0 Å². The molecule has 0 aliphatic heterocycles. The Labute approximate surface area is 325 Å². The molecule has 0 unspecified atom stereocenters. The molecule has 258 valence electrons. The van der Waals surface area contributed by atoms with Gasteiger partial charge in [-0.3, -0.25) is 0 Å². The summed E-state index contributed by atoms with van der Waals surface area (Å²) in [4.78, 5) is 2.39. The summed E-state index contributed by atoms with van der Waals surface area (Å²) >= 11 is 1.88. The van der Waals surface area contributed by atoms with Gasteiger partial charge in [0.05, 0.1) is 5.41 Å². The Morgan fingerprint density at radius 2 is 0.909 bits per heavy atom. The molecule has 1 aliphatic rings. The number of benzene rings is 9. The number of anilines is 3. The fourth-order valence-corrected chi connectivity index (χ4v) is 10.3. The molecule has 2 heteroatoms. The minimum atomic E-state index is -0.435. The Morgan fingerprint density at radius 3 is 1.65 bits per heavy atom. The van der Waals surface area contributed by atoms with Crippen LogP contribution < -0.4 is 4.90 Å².